The van der Waals surface area contributed by atoms with Crippen LogP contribution >= 0.6 is 11.3 Å². The molecule has 1 aromatic rings. The van der Waals surface area contributed by atoms with E-state index in [1.54, 1.807) is 11.1 Å². The van der Waals surface area contributed by atoms with Crippen molar-refractivity contribution < 1.29 is 0 Å². The fraction of sp³-hybridized carbons (Fsp3) is 0.714. The van der Waals surface area contributed by atoms with Gasteiger partial charge < -0.3 is 0 Å². The van der Waals surface area contributed by atoms with Crippen molar-refractivity contribution in [1.82, 2.24) is 0 Å². The maximum atomic E-state index is 6.43. The normalized spacial score (nSPS) is 20.9. The van der Waals surface area contributed by atoms with Gasteiger partial charge in [-0.1, -0.05) is 70.7 Å². The fourth-order valence-electron chi connectivity index (χ4n) is 3.68. The highest BCUT2D eigenvalue weighted by atomic mass is 32.1. The van der Waals surface area contributed by atoms with Crippen LogP contribution in [0.1, 0.15) is 88.5 Å². The van der Waals surface area contributed by atoms with Gasteiger partial charge in [0.1, 0.15) is 0 Å². The van der Waals surface area contributed by atoms with Crippen LogP contribution in [0, 0.1) is 5.92 Å². The molecule has 2 atom stereocenters. The lowest BCUT2D eigenvalue weighted by Crippen LogP contribution is -2.01. The third-order valence-electron chi connectivity index (χ3n) is 5.15. The first kappa shape index (κ1) is 18.8. The van der Waals surface area contributed by atoms with E-state index in [2.05, 4.69) is 31.4 Å². The van der Waals surface area contributed by atoms with E-state index in [1.807, 2.05) is 11.3 Å². The Labute approximate surface area is 149 Å². The SMILES string of the molecule is [B]C1CC(c2sccc2CCCCCC)=CC1CCCCCC. The molecule has 23 heavy (non-hydrogen) atoms. The van der Waals surface area contributed by atoms with E-state index >= 15 is 0 Å². The van der Waals surface area contributed by atoms with Gasteiger partial charge in [-0.05, 0) is 54.2 Å². The van der Waals surface area contributed by atoms with Crippen LogP contribution in [0.3, 0.4) is 0 Å². The van der Waals surface area contributed by atoms with E-state index < -0.39 is 0 Å². The fourth-order valence-corrected chi connectivity index (χ4v) is 4.68. The van der Waals surface area contributed by atoms with Gasteiger partial charge in [0.05, 0.1) is 7.85 Å². The molecule has 0 saturated carbocycles. The number of allylic oxidation sites excluding steroid dienone is 2. The van der Waals surface area contributed by atoms with E-state index in [0.29, 0.717) is 11.7 Å². The molecule has 0 spiro atoms. The zero-order valence-corrected chi connectivity index (χ0v) is 16.0. The van der Waals surface area contributed by atoms with Crippen molar-refractivity contribution in [3.63, 3.8) is 0 Å². The summed E-state index contributed by atoms with van der Waals surface area (Å²) in [5, 5.41) is 2.27. The van der Waals surface area contributed by atoms with Gasteiger partial charge in [0.15, 0.2) is 0 Å². The highest BCUT2D eigenvalue weighted by Crippen LogP contribution is 2.43. The zero-order chi connectivity index (χ0) is 16.5. The number of thiophene rings is 1. The van der Waals surface area contributed by atoms with Crippen LogP contribution in [0.25, 0.3) is 5.57 Å². The van der Waals surface area contributed by atoms with Crippen molar-refractivity contribution in [3.05, 3.63) is 28.0 Å². The standard InChI is InChI=1S/C21H33BS/c1-3-5-7-9-11-17-13-14-23-21(17)19-15-18(20(22)16-19)12-10-8-6-4-2/h13-15,18,20H,3-12,16H2,1-2H3. The highest BCUT2D eigenvalue weighted by molar-refractivity contribution is 7.11. The molecule has 0 bridgehead atoms. The number of aryl methyl sites for hydroxylation is 1. The Hall–Kier alpha value is -0.495. The number of hydrogen-bond donors (Lipinski definition) is 0. The molecule has 2 radical (unpaired) electrons. The molecule has 0 saturated heterocycles. The molecule has 1 aliphatic carbocycles. The van der Waals surface area contributed by atoms with Crippen LogP contribution < -0.4 is 0 Å². The van der Waals surface area contributed by atoms with Crippen molar-refractivity contribution >= 4 is 24.8 Å². The lowest BCUT2D eigenvalue weighted by molar-refractivity contribution is 0.523. The average Bonchev–Trinajstić information content (AvgIpc) is 3.15. The van der Waals surface area contributed by atoms with Crippen molar-refractivity contribution in [2.75, 3.05) is 0 Å². The van der Waals surface area contributed by atoms with Gasteiger partial charge in [-0.15, -0.1) is 11.3 Å². The topological polar surface area (TPSA) is 0 Å². The predicted molar refractivity (Wildman–Crippen MR) is 107 cm³/mol. The van der Waals surface area contributed by atoms with Crippen molar-refractivity contribution in [2.24, 2.45) is 5.92 Å². The summed E-state index contributed by atoms with van der Waals surface area (Å²) in [4.78, 5) is 1.54. The van der Waals surface area contributed by atoms with E-state index in [-0.39, 0.29) is 0 Å². The van der Waals surface area contributed by atoms with E-state index in [4.69, 9.17) is 7.85 Å². The van der Waals surface area contributed by atoms with Crippen LogP contribution in [-0.4, -0.2) is 7.85 Å². The van der Waals surface area contributed by atoms with Crippen molar-refractivity contribution in [1.29, 1.82) is 0 Å². The van der Waals surface area contributed by atoms with Crippen LogP contribution in [0.4, 0.5) is 0 Å². The summed E-state index contributed by atoms with van der Waals surface area (Å²) in [6.07, 6.45) is 16.9. The second kappa shape index (κ2) is 10.4. The van der Waals surface area contributed by atoms with Crippen LogP contribution in [0.15, 0.2) is 17.5 Å². The van der Waals surface area contributed by atoms with E-state index in [1.165, 1.54) is 69.1 Å². The quantitative estimate of drug-likeness (QED) is 0.297. The zero-order valence-electron chi connectivity index (χ0n) is 15.2. The first-order valence-electron chi connectivity index (χ1n) is 9.79. The number of hydrogen-bond acceptors (Lipinski definition) is 1. The molecule has 1 aromatic heterocycles. The molecular formula is C21H33BS. The molecule has 2 heteroatoms. The average molecular weight is 328 g/mol. The lowest BCUT2D eigenvalue weighted by Gasteiger charge is -2.14. The second-order valence-electron chi connectivity index (χ2n) is 7.16. The smallest absolute Gasteiger partial charge is 0.0712 e. The van der Waals surface area contributed by atoms with Crippen molar-refractivity contribution in [2.45, 2.75) is 90.3 Å². The molecule has 0 nitrogen and oxygen atoms in total. The van der Waals surface area contributed by atoms with Crippen molar-refractivity contribution in [3.8, 4) is 0 Å². The Morgan fingerprint density at radius 3 is 2.52 bits per heavy atom. The third kappa shape index (κ3) is 5.82. The van der Waals surface area contributed by atoms with Gasteiger partial charge in [-0.25, -0.2) is 0 Å². The van der Waals surface area contributed by atoms with E-state index in [9.17, 15) is 0 Å². The van der Waals surface area contributed by atoms with Gasteiger partial charge in [0.2, 0.25) is 0 Å². The monoisotopic (exact) mass is 328 g/mol. The molecule has 0 fully saturated rings. The Morgan fingerprint density at radius 2 is 1.78 bits per heavy atom. The first-order chi connectivity index (χ1) is 11.3. The molecule has 0 amide bonds. The van der Waals surface area contributed by atoms with Gasteiger partial charge in [0.25, 0.3) is 0 Å². The van der Waals surface area contributed by atoms with Gasteiger partial charge >= 0.3 is 0 Å². The van der Waals surface area contributed by atoms with Crippen LogP contribution in [0.2, 0.25) is 5.82 Å². The highest BCUT2D eigenvalue weighted by Gasteiger charge is 2.25. The summed E-state index contributed by atoms with van der Waals surface area (Å²) in [5.41, 5.74) is 3.11. The number of rotatable bonds is 11. The molecule has 0 aliphatic heterocycles. The molecule has 2 unspecified atom stereocenters. The molecule has 1 aliphatic rings. The summed E-state index contributed by atoms with van der Waals surface area (Å²) in [6.45, 7) is 4.56. The maximum absolute atomic E-state index is 6.43. The van der Waals surface area contributed by atoms with Crippen LogP contribution in [-0.2, 0) is 6.42 Å². The maximum Gasteiger partial charge on any atom is 0.0712 e. The van der Waals surface area contributed by atoms with Gasteiger partial charge in [0, 0.05) is 4.88 Å². The van der Waals surface area contributed by atoms with E-state index in [0.717, 1.165) is 6.42 Å². The molecule has 0 N–H and O–H groups in total. The Morgan fingerprint density at radius 1 is 1.04 bits per heavy atom. The Bertz CT molecular complexity index is 474. The summed E-state index contributed by atoms with van der Waals surface area (Å²) >= 11 is 1.92. The van der Waals surface area contributed by atoms with Crippen LogP contribution in [0.5, 0.6) is 0 Å². The summed E-state index contributed by atoms with van der Waals surface area (Å²) in [7, 11) is 6.43. The second-order valence-corrected chi connectivity index (χ2v) is 8.07. The molecule has 126 valence electrons. The minimum absolute atomic E-state index is 0.349. The lowest BCUT2D eigenvalue weighted by atomic mass is 9.76. The molecular weight excluding hydrogens is 295 g/mol. The predicted octanol–water partition coefficient (Wildman–Crippen LogP) is 7.20. The summed E-state index contributed by atoms with van der Waals surface area (Å²) in [5.74, 6) is 0.957. The van der Waals surface area contributed by atoms with Gasteiger partial charge in [-0.2, -0.15) is 0 Å². The number of unbranched alkanes of at least 4 members (excludes halogenated alkanes) is 6. The van der Waals surface area contributed by atoms with Gasteiger partial charge in [-0.3, -0.25) is 0 Å². The summed E-state index contributed by atoms with van der Waals surface area (Å²) in [6, 6.07) is 2.34. The minimum Gasteiger partial charge on any atom is -0.144 e. The largest absolute Gasteiger partial charge is 0.144 e. The first-order valence-corrected chi connectivity index (χ1v) is 10.7. The third-order valence-corrected chi connectivity index (χ3v) is 6.18. The minimum atomic E-state index is 0.349. The molecule has 0 aromatic carbocycles. The summed E-state index contributed by atoms with van der Waals surface area (Å²) < 4.78 is 0. The molecule has 2 rings (SSSR count). The Balaban J connectivity index is 1.89. The Kier molecular flexibility index (Phi) is 8.51. The molecule has 1 heterocycles.